The maximum absolute atomic E-state index is 14.8. The quantitative estimate of drug-likeness (QED) is 0.815. The Labute approximate surface area is 160 Å². The molecule has 2 atom stereocenters. The monoisotopic (exact) mass is 397 g/mol. The van der Waals surface area contributed by atoms with Crippen LogP contribution in [0.15, 0.2) is 23.1 Å². The molecule has 2 heterocycles. The molecule has 3 N–H and O–H groups in total. The highest BCUT2D eigenvalue weighted by Crippen LogP contribution is 2.38. The lowest BCUT2D eigenvalue weighted by Gasteiger charge is -2.21. The van der Waals surface area contributed by atoms with Gasteiger partial charge >= 0.3 is 5.97 Å². The summed E-state index contributed by atoms with van der Waals surface area (Å²) in [5.41, 5.74) is 5.94. The summed E-state index contributed by atoms with van der Waals surface area (Å²) in [6, 6.07) is 2.68. The van der Waals surface area contributed by atoms with E-state index in [1.165, 1.54) is 6.20 Å². The van der Waals surface area contributed by atoms with Gasteiger partial charge in [-0.15, -0.1) is 12.4 Å². The largest absolute Gasteiger partial charge is 0.477 e. The first-order valence-electron chi connectivity index (χ1n) is 8.55. The molecule has 0 spiro atoms. The molecule has 1 aliphatic heterocycles. The zero-order chi connectivity index (χ0) is 18.6. The number of pyridine rings is 1. The van der Waals surface area contributed by atoms with E-state index < -0.39 is 17.2 Å². The Balaban J connectivity index is 0.00000210. The van der Waals surface area contributed by atoms with Crippen molar-refractivity contribution in [3.63, 3.8) is 0 Å². The maximum Gasteiger partial charge on any atom is 0.341 e. The van der Waals surface area contributed by atoms with Gasteiger partial charge in [0.15, 0.2) is 0 Å². The molecule has 146 valence electrons. The number of fused-ring (bicyclic) bond motifs is 1. The maximum atomic E-state index is 14.8. The summed E-state index contributed by atoms with van der Waals surface area (Å²) in [6.45, 7) is 0.906. The molecular formula is C18H21ClFN3O4. The summed E-state index contributed by atoms with van der Waals surface area (Å²) in [4.78, 5) is 25.7. The number of carbonyl (C=O) groups is 1. The van der Waals surface area contributed by atoms with Crippen LogP contribution in [0.4, 0.5) is 10.1 Å². The van der Waals surface area contributed by atoms with Crippen LogP contribution in [0, 0.1) is 5.82 Å². The van der Waals surface area contributed by atoms with Gasteiger partial charge in [0.05, 0.1) is 23.3 Å². The predicted molar refractivity (Wildman–Crippen MR) is 102 cm³/mol. The minimum atomic E-state index is -1.30. The molecular weight excluding hydrogens is 377 g/mol. The van der Waals surface area contributed by atoms with Crippen LogP contribution in [0.3, 0.4) is 0 Å². The summed E-state index contributed by atoms with van der Waals surface area (Å²) in [5, 5.41) is 9.38. The van der Waals surface area contributed by atoms with Crippen molar-refractivity contribution in [3.8, 4) is 0 Å². The van der Waals surface area contributed by atoms with E-state index in [4.69, 9.17) is 10.5 Å². The van der Waals surface area contributed by atoms with Gasteiger partial charge in [0.2, 0.25) is 5.43 Å². The van der Waals surface area contributed by atoms with Crippen molar-refractivity contribution in [2.24, 2.45) is 5.73 Å². The van der Waals surface area contributed by atoms with Crippen molar-refractivity contribution >= 4 is 35.0 Å². The van der Waals surface area contributed by atoms with Gasteiger partial charge in [-0.3, -0.25) is 4.79 Å². The highest BCUT2D eigenvalue weighted by molar-refractivity contribution is 5.93. The summed E-state index contributed by atoms with van der Waals surface area (Å²) < 4.78 is 21.9. The minimum absolute atomic E-state index is 0. The van der Waals surface area contributed by atoms with Crippen LogP contribution in [-0.2, 0) is 4.74 Å². The number of benzene rings is 1. The number of halogens is 2. The molecule has 1 saturated carbocycles. The number of nitrogens with two attached hydrogens (primary N) is 1. The number of aromatic carboxylic acids is 1. The SMILES string of the molecule is CO[C@H]1CN(c2cc3c(cc2F)c(=O)c(C(=O)O)cn3C2CC2)C[C@H]1N.Cl. The van der Waals surface area contributed by atoms with Gasteiger partial charge in [0.25, 0.3) is 0 Å². The number of hydrogen-bond donors (Lipinski definition) is 2. The Kier molecular flexibility index (Phi) is 5.16. The first kappa shape index (κ1) is 19.6. The second kappa shape index (κ2) is 7.10. The van der Waals surface area contributed by atoms with Gasteiger partial charge < -0.3 is 25.0 Å². The first-order valence-corrected chi connectivity index (χ1v) is 8.55. The molecule has 1 aromatic carbocycles. The van der Waals surface area contributed by atoms with Crippen molar-refractivity contribution in [1.82, 2.24) is 4.57 Å². The molecule has 0 unspecified atom stereocenters. The van der Waals surface area contributed by atoms with Crippen LogP contribution < -0.4 is 16.1 Å². The zero-order valence-electron chi connectivity index (χ0n) is 14.7. The van der Waals surface area contributed by atoms with Crippen LogP contribution in [0.1, 0.15) is 29.2 Å². The molecule has 0 radical (unpaired) electrons. The van der Waals surface area contributed by atoms with Crippen LogP contribution in [0.25, 0.3) is 10.9 Å². The molecule has 4 rings (SSSR count). The Morgan fingerprint density at radius 1 is 1.33 bits per heavy atom. The van der Waals surface area contributed by atoms with E-state index in [1.807, 2.05) is 0 Å². The van der Waals surface area contributed by atoms with Crippen LogP contribution in [-0.4, -0.2) is 48.0 Å². The number of aromatic nitrogens is 1. The van der Waals surface area contributed by atoms with Crippen molar-refractivity contribution < 1.29 is 19.0 Å². The van der Waals surface area contributed by atoms with Gasteiger partial charge in [-0.2, -0.15) is 0 Å². The third-order valence-corrected chi connectivity index (χ3v) is 5.22. The number of methoxy groups -OCH3 is 1. The van der Waals surface area contributed by atoms with Crippen molar-refractivity contribution in [3.05, 3.63) is 39.9 Å². The molecule has 7 nitrogen and oxygen atoms in total. The second-order valence-electron chi connectivity index (χ2n) is 6.98. The van der Waals surface area contributed by atoms with Crippen molar-refractivity contribution in [1.29, 1.82) is 0 Å². The zero-order valence-corrected chi connectivity index (χ0v) is 15.5. The third kappa shape index (κ3) is 3.28. The predicted octanol–water partition coefficient (Wildman–Crippen LogP) is 1.76. The lowest BCUT2D eigenvalue weighted by Crippen LogP contribution is -2.34. The second-order valence-corrected chi connectivity index (χ2v) is 6.98. The van der Waals surface area contributed by atoms with Gasteiger partial charge in [-0.05, 0) is 25.0 Å². The van der Waals surface area contributed by atoms with Crippen LogP contribution in [0.5, 0.6) is 0 Å². The van der Waals surface area contributed by atoms with Gasteiger partial charge in [0.1, 0.15) is 11.4 Å². The molecule has 27 heavy (non-hydrogen) atoms. The fourth-order valence-electron chi connectivity index (χ4n) is 3.65. The average Bonchev–Trinajstić information content (AvgIpc) is 3.37. The summed E-state index contributed by atoms with van der Waals surface area (Å²) in [7, 11) is 1.57. The van der Waals surface area contributed by atoms with Crippen molar-refractivity contribution in [2.75, 3.05) is 25.1 Å². The third-order valence-electron chi connectivity index (χ3n) is 5.22. The van der Waals surface area contributed by atoms with Crippen LogP contribution in [0.2, 0.25) is 0 Å². The molecule has 1 aliphatic carbocycles. The van der Waals surface area contributed by atoms with E-state index in [1.54, 1.807) is 22.6 Å². The lowest BCUT2D eigenvalue weighted by atomic mass is 10.1. The molecule has 1 aromatic heterocycles. The van der Waals surface area contributed by atoms with Crippen molar-refractivity contribution in [2.45, 2.75) is 31.0 Å². The number of rotatable bonds is 4. The standard InChI is InChI=1S/C18H20FN3O4.ClH/c1-26-16-8-21(7-13(16)20)15-5-14-10(4-12(15)19)17(23)11(18(24)25)6-22(14)9-2-3-9;/h4-6,9,13,16H,2-3,7-8,20H2,1H3,(H,24,25);1H/t13-,16+;/m1./s1. The van der Waals surface area contributed by atoms with Gasteiger partial charge in [0, 0.05) is 37.8 Å². The van der Waals surface area contributed by atoms with E-state index >= 15 is 0 Å². The normalized spacial score (nSPS) is 22.1. The highest BCUT2D eigenvalue weighted by atomic mass is 35.5. The average molecular weight is 398 g/mol. The van der Waals surface area contributed by atoms with Gasteiger partial charge in [-0.25, -0.2) is 9.18 Å². The highest BCUT2D eigenvalue weighted by Gasteiger charge is 2.33. The molecule has 2 fully saturated rings. The van der Waals surface area contributed by atoms with E-state index in [0.29, 0.717) is 24.3 Å². The molecule has 0 amide bonds. The van der Waals surface area contributed by atoms with Crippen LogP contribution >= 0.6 is 12.4 Å². The fraction of sp³-hybridized carbons (Fsp3) is 0.444. The summed E-state index contributed by atoms with van der Waals surface area (Å²) in [5.74, 6) is -1.87. The Morgan fingerprint density at radius 3 is 2.59 bits per heavy atom. The van der Waals surface area contributed by atoms with E-state index in [2.05, 4.69) is 0 Å². The minimum Gasteiger partial charge on any atom is -0.477 e. The smallest absolute Gasteiger partial charge is 0.341 e. The summed E-state index contributed by atoms with van der Waals surface area (Å²) >= 11 is 0. The number of hydrogen-bond acceptors (Lipinski definition) is 5. The number of carboxylic acid groups (broad SMARTS) is 1. The summed E-state index contributed by atoms with van der Waals surface area (Å²) in [6.07, 6.45) is 3.00. The number of anilines is 1. The molecule has 1 saturated heterocycles. The Hall–Kier alpha value is -2.16. The number of nitrogens with zero attached hydrogens (tertiary/aromatic N) is 2. The molecule has 9 heteroatoms. The molecule has 2 aromatic rings. The first-order chi connectivity index (χ1) is 12.4. The molecule has 2 aliphatic rings. The lowest BCUT2D eigenvalue weighted by molar-refractivity contribution is 0.0695. The Morgan fingerprint density at radius 2 is 2.04 bits per heavy atom. The van der Waals surface area contributed by atoms with Gasteiger partial charge in [-0.1, -0.05) is 0 Å². The fourth-order valence-corrected chi connectivity index (χ4v) is 3.65. The van der Waals surface area contributed by atoms with E-state index in [0.717, 1.165) is 18.9 Å². The molecule has 0 bridgehead atoms. The van der Waals surface area contributed by atoms with E-state index in [9.17, 15) is 19.1 Å². The topological polar surface area (TPSA) is 97.8 Å². The Bertz CT molecular complexity index is 960. The van der Waals surface area contributed by atoms with E-state index in [-0.39, 0.29) is 41.5 Å². The number of ether oxygens (including phenoxy) is 1. The number of carboxylic acids is 1.